The second kappa shape index (κ2) is 3.92. The number of hydrogen-bond acceptors (Lipinski definition) is 2. The van der Waals surface area contributed by atoms with Crippen LogP contribution in [0.15, 0.2) is 0 Å². The lowest BCUT2D eigenvalue weighted by Crippen LogP contribution is -2.42. The van der Waals surface area contributed by atoms with Gasteiger partial charge in [-0.2, -0.15) is 0 Å². The number of hydrogen-bond donors (Lipinski definition) is 0. The Morgan fingerprint density at radius 2 is 2.08 bits per heavy atom. The molecule has 3 unspecified atom stereocenters. The molecule has 2 aliphatic carbocycles. The van der Waals surface area contributed by atoms with Gasteiger partial charge in [0.25, 0.3) is 0 Å². The summed E-state index contributed by atoms with van der Waals surface area (Å²) < 4.78 is 0. The number of carbonyl (C=O) groups is 1. The first-order valence-electron chi connectivity index (χ1n) is 4.85. The molecule has 0 N–H and O–H groups in total. The average molecular weight is 169 g/mol. The maximum Gasteiger partial charge on any atom is 0.0411 e. The highest BCUT2D eigenvalue weighted by molar-refractivity contribution is 5.63. The number of rotatable bonds is 1. The molecule has 12 heavy (non-hydrogen) atoms. The van der Waals surface area contributed by atoms with Crippen molar-refractivity contribution >= 4 is 5.97 Å². The molecule has 2 heteroatoms. The molecule has 2 fully saturated rings. The Hall–Kier alpha value is -0.530. The summed E-state index contributed by atoms with van der Waals surface area (Å²) in [6.07, 6.45) is 4.76. The minimum atomic E-state index is -0.995. The van der Waals surface area contributed by atoms with Crippen molar-refractivity contribution in [3.8, 4) is 0 Å². The summed E-state index contributed by atoms with van der Waals surface area (Å²) in [5.41, 5.74) is 0. The van der Waals surface area contributed by atoms with E-state index < -0.39 is 5.97 Å². The summed E-state index contributed by atoms with van der Waals surface area (Å²) in [6.45, 7) is 3.93. The van der Waals surface area contributed by atoms with E-state index in [0.29, 0.717) is 0 Å². The molecule has 2 rings (SSSR count). The van der Waals surface area contributed by atoms with Gasteiger partial charge in [0.05, 0.1) is 0 Å². The highest BCUT2D eigenvalue weighted by Gasteiger charge is 2.43. The Bertz CT molecular complexity index is 161. The number of carboxylic acids is 1. The van der Waals surface area contributed by atoms with E-state index in [-0.39, 0.29) is 6.42 Å². The smallest absolute Gasteiger partial charge is 0.0411 e. The Morgan fingerprint density at radius 1 is 1.50 bits per heavy atom. The highest BCUT2D eigenvalue weighted by atomic mass is 16.4. The zero-order chi connectivity index (χ0) is 9.14. The second-order valence-electron chi connectivity index (χ2n) is 3.94. The minimum absolute atomic E-state index is 0.111. The fourth-order valence-electron chi connectivity index (χ4n) is 2.09. The lowest BCUT2D eigenvalue weighted by molar-refractivity contribution is -0.305. The van der Waals surface area contributed by atoms with E-state index >= 15 is 0 Å². The molecule has 0 spiro atoms. The van der Waals surface area contributed by atoms with Crippen molar-refractivity contribution < 1.29 is 9.90 Å². The van der Waals surface area contributed by atoms with Crippen LogP contribution in [0.1, 0.15) is 39.5 Å². The first kappa shape index (κ1) is 9.56. The van der Waals surface area contributed by atoms with Crippen LogP contribution in [0.3, 0.4) is 0 Å². The van der Waals surface area contributed by atoms with Crippen LogP contribution in [-0.4, -0.2) is 5.97 Å². The van der Waals surface area contributed by atoms with Crippen molar-refractivity contribution in [2.75, 3.05) is 0 Å². The molecule has 2 saturated carbocycles. The van der Waals surface area contributed by atoms with Gasteiger partial charge < -0.3 is 9.90 Å². The van der Waals surface area contributed by atoms with Crippen LogP contribution in [0.5, 0.6) is 0 Å². The van der Waals surface area contributed by atoms with Crippen molar-refractivity contribution in [2.45, 2.75) is 39.5 Å². The van der Waals surface area contributed by atoms with Gasteiger partial charge >= 0.3 is 0 Å². The van der Waals surface area contributed by atoms with E-state index in [9.17, 15) is 9.90 Å². The van der Waals surface area contributed by atoms with Gasteiger partial charge in [-0.3, -0.25) is 0 Å². The summed E-state index contributed by atoms with van der Waals surface area (Å²) in [4.78, 5) is 9.26. The summed E-state index contributed by atoms with van der Waals surface area (Å²) in [7, 11) is 0. The van der Waals surface area contributed by atoms with Crippen LogP contribution in [0.2, 0.25) is 0 Å². The van der Waals surface area contributed by atoms with Gasteiger partial charge in [-0.05, 0) is 43.4 Å². The maximum absolute atomic E-state index is 9.26. The molecule has 0 aromatic rings. The zero-order valence-corrected chi connectivity index (χ0v) is 7.88. The molecule has 2 nitrogen and oxygen atoms in total. The van der Waals surface area contributed by atoms with E-state index in [0.717, 1.165) is 5.92 Å². The highest BCUT2D eigenvalue weighted by Crippen LogP contribution is 2.53. The van der Waals surface area contributed by atoms with Crippen LogP contribution >= 0.6 is 0 Å². The van der Waals surface area contributed by atoms with Crippen LogP contribution < -0.4 is 5.11 Å². The molecule has 2 aliphatic rings. The Morgan fingerprint density at radius 3 is 2.08 bits per heavy atom. The van der Waals surface area contributed by atoms with E-state index in [2.05, 4.69) is 6.92 Å². The largest absolute Gasteiger partial charge is 0.550 e. The van der Waals surface area contributed by atoms with Crippen molar-refractivity contribution in [3.05, 3.63) is 0 Å². The predicted octanol–water partition coefficient (Wildman–Crippen LogP) is 1.20. The summed E-state index contributed by atoms with van der Waals surface area (Å²) >= 11 is 0. The summed E-state index contributed by atoms with van der Waals surface area (Å²) in [5.74, 6) is 2.47. The molecule has 0 aromatic heterocycles. The Labute approximate surface area is 74.0 Å². The lowest BCUT2D eigenvalue weighted by atomic mass is 9.54. The second-order valence-corrected chi connectivity index (χ2v) is 3.94. The Kier molecular flexibility index (Phi) is 3.12. The van der Waals surface area contributed by atoms with Crippen LogP contribution in [0, 0.1) is 17.8 Å². The molecule has 0 aliphatic heterocycles. The predicted molar refractivity (Wildman–Crippen MR) is 45.3 cm³/mol. The van der Waals surface area contributed by atoms with Crippen LogP contribution in [0.4, 0.5) is 0 Å². The van der Waals surface area contributed by atoms with Crippen molar-refractivity contribution in [3.63, 3.8) is 0 Å². The molecule has 0 aromatic carbocycles. The molecule has 0 saturated heterocycles. The third-order valence-corrected chi connectivity index (χ3v) is 3.17. The summed E-state index contributed by atoms with van der Waals surface area (Å²) in [5, 5.41) is 9.26. The normalized spacial score (nSPS) is 36.3. The standard InChI is InChI=1S/C7H12.C3H6O2/c1-5-4-6-2-3-7(5)6;1-2-3(4)5/h5-7H,2-4H2,1H3;2H2,1H3,(H,4,5)/p-1. The first-order valence-corrected chi connectivity index (χ1v) is 4.85. The van der Waals surface area contributed by atoms with Gasteiger partial charge in [-0.1, -0.05) is 13.8 Å². The van der Waals surface area contributed by atoms with Gasteiger partial charge in [0.1, 0.15) is 0 Å². The van der Waals surface area contributed by atoms with Gasteiger partial charge in [0, 0.05) is 5.97 Å². The molecule has 70 valence electrons. The van der Waals surface area contributed by atoms with E-state index in [1.165, 1.54) is 18.8 Å². The quantitative estimate of drug-likeness (QED) is 0.591. The Balaban J connectivity index is 0.000000130. The van der Waals surface area contributed by atoms with Gasteiger partial charge in [0.2, 0.25) is 0 Å². The average Bonchev–Trinajstić information content (AvgIpc) is 2.00. The molecular weight excluding hydrogens is 152 g/mol. The van der Waals surface area contributed by atoms with Gasteiger partial charge in [-0.15, -0.1) is 0 Å². The lowest BCUT2D eigenvalue weighted by Gasteiger charge is -2.51. The SMILES string of the molecule is CC1CC2CCC12.CCC(=O)[O-]. The van der Waals surface area contributed by atoms with E-state index in [1.807, 2.05) is 0 Å². The van der Waals surface area contributed by atoms with Crippen molar-refractivity contribution in [2.24, 2.45) is 17.8 Å². The molecule has 0 bridgehead atoms. The maximum atomic E-state index is 9.26. The fraction of sp³-hybridized carbons (Fsp3) is 0.900. The third-order valence-electron chi connectivity index (χ3n) is 3.17. The monoisotopic (exact) mass is 169 g/mol. The molecule has 3 atom stereocenters. The van der Waals surface area contributed by atoms with Crippen LogP contribution in [-0.2, 0) is 4.79 Å². The molecule has 0 amide bonds. The van der Waals surface area contributed by atoms with Gasteiger partial charge in [0.15, 0.2) is 0 Å². The fourth-order valence-corrected chi connectivity index (χ4v) is 2.09. The minimum Gasteiger partial charge on any atom is -0.550 e. The van der Waals surface area contributed by atoms with E-state index in [4.69, 9.17) is 0 Å². The number of fused-ring (bicyclic) bond motifs is 1. The topological polar surface area (TPSA) is 40.1 Å². The molecular formula is C10H17O2-. The zero-order valence-electron chi connectivity index (χ0n) is 7.88. The third kappa shape index (κ3) is 1.99. The molecule has 0 radical (unpaired) electrons. The van der Waals surface area contributed by atoms with Crippen LogP contribution in [0.25, 0.3) is 0 Å². The van der Waals surface area contributed by atoms with Crippen molar-refractivity contribution in [1.82, 2.24) is 0 Å². The van der Waals surface area contributed by atoms with Crippen molar-refractivity contribution in [1.29, 1.82) is 0 Å². The van der Waals surface area contributed by atoms with E-state index in [1.54, 1.807) is 19.3 Å². The summed E-state index contributed by atoms with van der Waals surface area (Å²) in [6, 6.07) is 0. The first-order chi connectivity index (χ1) is 5.65. The molecule has 0 heterocycles. The van der Waals surface area contributed by atoms with Gasteiger partial charge in [-0.25, -0.2) is 0 Å². The number of carboxylic acid groups (broad SMARTS) is 1. The number of aliphatic carboxylic acids is 1. The number of carbonyl (C=O) groups excluding carboxylic acids is 1.